The predicted molar refractivity (Wildman–Crippen MR) is 132 cm³/mol. The predicted octanol–water partition coefficient (Wildman–Crippen LogP) is 4.27. The van der Waals surface area contributed by atoms with Gasteiger partial charge in [-0.2, -0.15) is 18.4 Å². The minimum Gasteiger partial charge on any atom is -0.377 e. The first-order valence-electron chi connectivity index (χ1n) is 11.9. The van der Waals surface area contributed by atoms with Crippen molar-refractivity contribution in [3.63, 3.8) is 0 Å². The lowest BCUT2D eigenvalue weighted by Crippen LogP contribution is -2.48. The van der Waals surface area contributed by atoms with Crippen LogP contribution in [-0.4, -0.2) is 39.8 Å². The Kier molecular flexibility index (Phi) is 6.22. The molecule has 2 bridgehead atoms. The van der Waals surface area contributed by atoms with E-state index >= 15 is 0 Å². The number of ether oxygens (including phenoxy) is 1. The number of nitro groups is 1. The fraction of sp³-hybridized carbons (Fsp3) is 0.400. The number of alkyl halides is 3. The number of nitrogens with zero attached hydrogens (tertiary/aromatic N) is 5. The zero-order chi connectivity index (χ0) is 27.4. The highest BCUT2D eigenvalue weighted by molar-refractivity contribution is 5.95. The third kappa shape index (κ3) is 4.30. The number of halogens is 3. The van der Waals surface area contributed by atoms with Gasteiger partial charge in [-0.1, -0.05) is 0 Å². The number of non-ortho nitro benzene ring substituents is 1. The van der Waals surface area contributed by atoms with Gasteiger partial charge in [-0.15, -0.1) is 0 Å². The molecular formula is C25H23F3N6O4. The van der Waals surface area contributed by atoms with E-state index in [9.17, 15) is 33.3 Å². The number of rotatable bonds is 5. The van der Waals surface area contributed by atoms with Crippen molar-refractivity contribution in [3.8, 4) is 6.07 Å². The molecule has 0 radical (unpaired) electrons. The largest absolute Gasteiger partial charge is 0.416 e. The highest BCUT2D eigenvalue weighted by Gasteiger charge is 2.39. The van der Waals surface area contributed by atoms with E-state index in [1.54, 1.807) is 20.0 Å². The minimum absolute atomic E-state index is 0.0297. The zero-order valence-corrected chi connectivity index (χ0v) is 20.5. The summed E-state index contributed by atoms with van der Waals surface area (Å²) in [6, 6.07) is 5.35. The number of anilines is 2. The summed E-state index contributed by atoms with van der Waals surface area (Å²) in [5.74, 6) is 0.226. The normalized spacial score (nSPS) is 19.8. The Labute approximate surface area is 214 Å². The smallest absolute Gasteiger partial charge is 0.377 e. The third-order valence-corrected chi connectivity index (χ3v) is 7.20. The first-order valence-corrected chi connectivity index (χ1v) is 11.9. The van der Waals surface area contributed by atoms with Crippen LogP contribution in [0.2, 0.25) is 0 Å². The van der Waals surface area contributed by atoms with Crippen LogP contribution < -0.4 is 15.8 Å². The quantitative estimate of drug-likeness (QED) is 0.384. The number of pyridine rings is 2. The van der Waals surface area contributed by atoms with Gasteiger partial charge in [0.2, 0.25) is 0 Å². The molecule has 5 rings (SSSR count). The number of nitrogens with one attached hydrogen (secondary N) is 1. The van der Waals surface area contributed by atoms with Gasteiger partial charge in [0.15, 0.2) is 0 Å². The van der Waals surface area contributed by atoms with E-state index < -0.39 is 28.4 Å². The molecule has 198 valence electrons. The topological polar surface area (TPSA) is 126 Å². The lowest BCUT2D eigenvalue weighted by atomic mass is 10.0. The molecule has 10 nitrogen and oxygen atoms in total. The van der Waals surface area contributed by atoms with Crippen molar-refractivity contribution in [1.82, 2.24) is 9.55 Å². The van der Waals surface area contributed by atoms with Crippen LogP contribution >= 0.6 is 0 Å². The van der Waals surface area contributed by atoms with Gasteiger partial charge in [-0.25, -0.2) is 4.98 Å². The number of hydrogen-bond acceptors (Lipinski definition) is 8. The summed E-state index contributed by atoms with van der Waals surface area (Å²) in [7, 11) is 1.56. The molecule has 2 aliphatic rings. The highest BCUT2D eigenvalue weighted by atomic mass is 19.4. The molecule has 38 heavy (non-hydrogen) atoms. The summed E-state index contributed by atoms with van der Waals surface area (Å²) in [4.78, 5) is 30.2. The van der Waals surface area contributed by atoms with E-state index in [0.717, 1.165) is 25.0 Å². The van der Waals surface area contributed by atoms with Gasteiger partial charge in [0.1, 0.15) is 17.6 Å². The summed E-state index contributed by atoms with van der Waals surface area (Å²) >= 11 is 0. The first-order chi connectivity index (χ1) is 18.0. The van der Waals surface area contributed by atoms with Gasteiger partial charge in [0, 0.05) is 30.8 Å². The summed E-state index contributed by atoms with van der Waals surface area (Å²) in [6.45, 7) is 2.53. The van der Waals surface area contributed by atoms with Crippen LogP contribution in [0.1, 0.15) is 42.5 Å². The van der Waals surface area contributed by atoms with Crippen LogP contribution in [0.4, 0.5) is 30.4 Å². The molecule has 0 saturated carbocycles. The number of nitro benzene ring substituents is 1. The summed E-state index contributed by atoms with van der Waals surface area (Å²) in [6.07, 6.45) is -1.74. The standard InChI is InChI=1S/C25H23F3N6O4/c1-13(14-5-16(25(26,27)28)7-19(6-14)34(36)37)31-23-20-8-21(33-17-3-4-18(33)12-38-11-17)24(35)32(2)22(20)15(9-29)10-30-23/h5-8,10,13,17-18H,3-4,11-12H2,1-2H3,(H,30,31)/t13-,17?,18?/m1/s1. The molecule has 0 spiro atoms. The van der Waals surface area contributed by atoms with Crippen molar-refractivity contribution in [2.45, 2.75) is 44.1 Å². The van der Waals surface area contributed by atoms with E-state index in [1.165, 1.54) is 10.8 Å². The Morgan fingerprint density at radius 1 is 1.24 bits per heavy atom. The van der Waals surface area contributed by atoms with E-state index in [4.69, 9.17) is 4.74 Å². The summed E-state index contributed by atoms with van der Waals surface area (Å²) < 4.78 is 47.3. The fourth-order valence-corrected chi connectivity index (χ4v) is 5.33. The Hall–Kier alpha value is -4.18. The highest BCUT2D eigenvalue weighted by Crippen LogP contribution is 2.37. The SMILES string of the molecule is C[C@@H](Nc1ncc(C#N)c2c1cc(N1C3CCC1COC3)c(=O)n2C)c1cc([N+](=O)[O-])cc(C(F)(F)F)c1. The van der Waals surface area contributed by atoms with Crippen molar-refractivity contribution in [2.75, 3.05) is 23.4 Å². The van der Waals surface area contributed by atoms with Crippen molar-refractivity contribution in [1.29, 1.82) is 5.26 Å². The molecule has 2 saturated heterocycles. The van der Waals surface area contributed by atoms with Gasteiger partial charge in [-0.3, -0.25) is 14.9 Å². The first kappa shape index (κ1) is 25.5. The number of aromatic nitrogens is 2. The van der Waals surface area contributed by atoms with Gasteiger partial charge in [0.05, 0.1) is 52.9 Å². The van der Waals surface area contributed by atoms with Crippen LogP contribution in [0.3, 0.4) is 0 Å². The lowest BCUT2D eigenvalue weighted by Gasteiger charge is -2.36. The number of benzene rings is 1. The maximum absolute atomic E-state index is 13.4. The molecule has 3 atom stereocenters. The van der Waals surface area contributed by atoms with Crippen molar-refractivity contribution < 1.29 is 22.8 Å². The summed E-state index contributed by atoms with van der Waals surface area (Å²) in [5.41, 5.74) is -1.17. The second-order valence-electron chi connectivity index (χ2n) is 9.55. The van der Waals surface area contributed by atoms with Gasteiger partial charge < -0.3 is 19.5 Å². The Balaban J connectivity index is 1.62. The van der Waals surface area contributed by atoms with E-state index in [-0.39, 0.29) is 34.6 Å². The van der Waals surface area contributed by atoms with Gasteiger partial charge >= 0.3 is 6.18 Å². The molecule has 0 aliphatic carbocycles. The average molecular weight is 528 g/mol. The van der Waals surface area contributed by atoms with Crippen LogP contribution in [0.5, 0.6) is 0 Å². The number of hydrogen-bond donors (Lipinski definition) is 1. The third-order valence-electron chi connectivity index (χ3n) is 7.20. The van der Waals surface area contributed by atoms with Crippen LogP contribution in [0.25, 0.3) is 10.9 Å². The monoisotopic (exact) mass is 528 g/mol. The minimum atomic E-state index is -4.77. The van der Waals surface area contributed by atoms with Gasteiger partial charge in [-0.05, 0) is 37.5 Å². The number of fused-ring (bicyclic) bond motifs is 3. The van der Waals surface area contributed by atoms with Crippen LogP contribution in [-0.2, 0) is 18.0 Å². The second-order valence-corrected chi connectivity index (χ2v) is 9.55. The van der Waals surface area contributed by atoms with E-state index in [0.29, 0.717) is 35.9 Å². The number of morpholine rings is 1. The molecule has 13 heteroatoms. The Morgan fingerprint density at radius 2 is 1.92 bits per heavy atom. The molecule has 3 aromatic rings. The maximum atomic E-state index is 13.4. The van der Waals surface area contributed by atoms with Gasteiger partial charge in [0.25, 0.3) is 11.2 Å². The number of nitriles is 1. The Bertz CT molecular complexity index is 1530. The maximum Gasteiger partial charge on any atom is 0.416 e. The molecule has 2 aliphatic heterocycles. The molecule has 2 aromatic heterocycles. The fourth-order valence-electron chi connectivity index (χ4n) is 5.33. The molecular weight excluding hydrogens is 505 g/mol. The molecule has 1 aromatic carbocycles. The molecule has 0 amide bonds. The molecule has 1 N–H and O–H groups in total. The van der Waals surface area contributed by atoms with Crippen molar-refractivity contribution in [2.24, 2.45) is 7.05 Å². The molecule has 2 fully saturated rings. The molecule has 4 heterocycles. The second kappa shape index (κ2) is 9.29. The van der Waals surface area contributed by atoms with Crippen molar-refractivity contribution >= 4 is 28.1 Å². The summed E-state index contributed by atoms with van der Waals surface area (Å²) in [5, 5.41) is 24.5. The van der Waals surface area contributed by atoms with Crippen LogP contribution in [0, 0.1) is 21.4 Å². The van der Waals surface area contributed by atoms with E-state index in [2.05, 4.69) is 10.3 Å². The lowest BCUT2D eigenvalue weighted by molar-refractivity contribution is -0.385. The Morgan fingerprint density at radius 3 is 2.53 bits per heavy atom. The van der Waals surface area contributed by atoms with Crippen LogP contribution in [0.15, 0.2) is 35.3 Å². The average Bonchev–Trinajstić information content (AvgIpc) is 3.12. The zero-order valence-electron chi connectivity index (χ0n) is 20.5. The van der Waals surface area contributed by atoms with E-state index in [1.807, 2.05) is 11.0 Å². The van der Waals surface area contributed by atoms with Crippen molar-refractivity contribution in [3.05, 3.63) is 67.6 Å². The number of aryl methyl sites for hydroxylation is 1. The molecule has 2 unspecified atom stereocenters.